The van der Waals surface area contributed by atoms with Crippen molar-refractivity contribution < 1.29 is 23.9 Å². The number of morpholine rings is 1. The molecule has 2 N–H and O–H groups in total. The third-order valence-electron chi connectivity index (χ3n) is 7.72. The van der Waals surface area contributed by atoms with Gasteiger partial charge in [-0.25, -0.2) is 0 Å². The Hall–Kier alpha value is -3.39. The number of carbonyl (C=O) groups is 3. The van der Waals surface area contributed by atoms with Crippen LogP contribution in [0.3, 0.4) is 0 Å². The second-order valence-electron chi connectivity index (χ2n) is 10.6. The quantitative estimate of drug-likeness (QED) is 0.539. The van der Waals surface area contributed by atoms with E-state index < -0.39 is 5.60 Å². The number of hydrogen-bond acceptors (Lipinski definition) is 5. The molecule has 0 radical (unpaired) electrons. The minimum absolute atomic E-state index is 0.0331. The van der Waals surface area contributed by atoms with E-state index in [1.54, 1.807) is 24.3 Å². The Morgan fingerprint density at radius 2 is 1.74 bits per heavy atom. The zero-order valence-corrected chi connectivity index (χ0v) is 22.0. The Morgan fingerprint density at radius 3 is 2.45 bits per heavy atom. The van der Waals surface area contributed by atoms with Gasteiger partial charge in [0.2, 0.25) is 5.91 Å². The maximum atomic E-state index is 13.4. The molecule has 2 aromatic rings. The van der Waals surface area contributed by atoms with Gasteiger partial charge < -0.3 is 25.0 Å². The van der Waals surface area contributed by atoms with Crippen LogP contribution in [0.2, 0.25) is 0 Å². The van der Waals surface area contributed by atoms with Gasteiger partial charge in [-0.15, -0.1) is 0 Å². The molecule has 0 unspecified atom stereocenters. The lowest BCUT2D eigenvalue weighted by molar-refractivity contribution is -0.132. The third-order valence-corrected chi connectivity index (χ3v) is 7.72. The summed E-state index contributed by atoms with van der Waals surface area (Å²) in [6, 6.07) is 14.1. The average Bonchev–Trinajstić information content (AvgIpc) is 3.80. The summed E-state index contributed by atoms with van der Waals surface area (Å²) >= 11 is 0. The number of amides is 3. The van der Waals surface area contributed by atoms with Crippen molar-refractivity contribution in [1.29, 1.82) is 0 Å². The van der Waals surface area contributed by atoms with Crippen LogP contribution in [-0.2, 0) is 9.53 Å². The number of rotatable bonds is 8. The lowest BCUT2D eigenvalue weighted by atomic mass is 9.78. The molecule has 0 bridgehead atoms. The number of nitrogens with zero attached hydrogens (tertiary/aromatic N) is 1. The number of hydrogen-bond donors (Lipinski definition) is 2. The Bertz CT molecular complexity index is 1140. The average molecular weight is 520 g/mol. The Morgan fingerprint density at radius 1 is 1.00 bits per heavy atom. The topological polar surface area (TPSA) is 97.0 Å². The number of nitrogens with one attached hydrogen (secondary N) is 2. The minimum atomic E-state index is -0.607. The van der Waals surface area contributed by atoms with Gasteiger partial charge in [0.1, 0.15) is 11.4 Å². The molecule has 3 aliphatic rings. The van der Waals surface area contributed by atoms with Crippen molar-refractivity contribution in [2.75, 3.05) is 31.6 Å². The van der Waals surface area contributed by atoms with Crippen molar-refractivity contribution in [2.45, 2.75) is 63.5 Å². The first-order chi connectivity index (χ1) is 18.5. The second kappa shape index (κ2) is 11.6. The Labute approximate surface area is 224 Å². The SMILES string of the molecule is CCCOc1ccc(C(=O)N2CCO[C@]3(CCCC[C@@H]3NC(=O)c3ccc(NC(=O)C4CC4)cc3)C2)cc1. The van der Waals surface area contributed by atoms with Crippen LogP contribution in [0.5, 0.6) is 5.75 Å². The van der Waals surface area contributed by atoms with Crippen LogP contribution in [0.15, 0.2) is 48.5 Å². The molecule has 38 heavy (non-hydrogen) atoms. The van der Waals surface area contributed by atoms with Crippen molar-refractivity contribution in [1.82, 2.24) is 10.2 Å². The zero-order valence-electron chi connectivity index (χ0n) is 22.0. The molecular formula is C30H37N3O5. The lowest BCUT2D eigenvalue weighted by Crippen LogP contribution is -2.64. The van der Waals surface area contributed by atoms with Crippen LogP contribution >= 0.6 is 0 Å². The molecule has 1 saturated heterocycles. The first kappa shape index (κ1) is 26.2. The fourth-order valence-corrected chi connectivity index (χ4v) is 5.39. The standard InChI is InChI=1S/C30H37N3O5/c1-2-18-37-25-14-10-23(11-15-25)29(36)33-17-19-38-30(20-33)16-4-3-5-26(30)32-28(35)22-8-12-24(13-9-22)31-27(34)21-6-7-21/h8-15,21,26H,2-7,16-20H2,1H3,(H,31,34)(H,32,35)/t26-,30+/m0/s1. The number of anilines is 1. The second-order valence-corrected chi connectivity index (χ2v) is 10.6. The predicted octanol–water partition coefficient (Wildman–Crippen LogP) is 4.41. The molecule has 2 atom stereocenters. The minimum Gasteiger partial charge on any atom is -0.494 e. The van der Waals surface area contributed by atoms with Gasteiger partial charge in [-0.1, -0.05) is 19.8 Å². The first-order valence-corrected chi connectivity index (χ1v) is 13.9. The monoisotopic (exact) mass is 519 g/mol. The molecule has 3 amide bonds. The number of ether oxygens (including phenoxy) is 2. The summed E-state index contributed by atoms with van der Waals surface area (Å²) in [5.41, 5.74) is 1.24. The van der Waals surface area contributed by atoms with Crippen molar-refractivity contribution in [3.8, 4) is 5.75 Å². The molecule has 2 aliphatic carbocycles. The molecule has 2 aromatic carbocycles. The number of benzene rings is 2. The van der Waals surface area contributed by atoms with Gasteiger partial charge >= 0.3 is 0 Å². The smallest absolute Gasteiger partial charge is 0.254 e. The lowest BCUT2D eigenvalue weighted by Gasteiger charge is -2.49. The van der Waals surface area contributed by atoms with Crippen molar-refractivity contribution in [2.24, 2.45) is 5.92 Å². The summed E-state index contributed by atoms with van der Waals surface area (Å²) in [7, 11) is 0. The fraction of sp³-hybridized carbons (Fsp3) is 0.500. The highest BCUT2D eigenvalue weighted by molar-refractivity contribution is 5.97. The van der Waals surface area contributed by atoms with E-state index in [2.05, 4.69) is 17.6 Å². The summed E-state index contributed by atoms with van der Waals surface area (Å²) in [5.74, 6) is 0.720. The van der Waals surface area contributed by atoms with E-state index in [0.29, 0.717) is 43.1 Å². The van der Waals surface area contributed by atoms with Crippen LogP contribution < -0.4 is 15.4 Å². The molecule has 3 fully saturated rings. The molecule has 8 nitrogen and oxygen atoms in total. The normalized spacial score (nSPS) is 23.1. The van der Waals surface area contributed by atoms with Crippen LogP contribution in [0, 0.1) is 5.92 Å². The van der Waals surface area contributed by atoms with Crippen LogP contribution in [-0.4, -0.2) is 60.6 Å². The maximum absolute atomic E-state index is 13.4. The van der Waals surface area contributed by atoms with E-state index in [0.717, 1.165) is 50.7 Å². The summed E-state index contributed by atoms with van der Waals surface area (Å²) in [6.45, 7) is 4.10. The van der Waals surface area contributed by atoms with E-state index in [1.165, 1.54) is 0 Å². The van der Waals surface area contributed by atoms with E-state index >= 15 is 0 Å². The number of carbonyl (C=O) groups excluding carboxylic acids is 3. The van der Waals surface area contributed by atoms with E-state index in [1.807, 2.05) is 29.2 Å². The summed E-state index contributed by atoms with van der Waals surface area (Å²) in [4.78, 5) is 40.4. The molecule has 1 aliphatic heterocycles. The van der Waals surface area contributed by atoms with Gasteiger partial charge in [0.05, 0.1) is 25.8 Å². The Kier molecular flexibility index (Phi) is 7.98. The highest BCUT2D eigenvalue weighted by Crippen LogP contribution is 2.36. The van der Waals surface area contributed by atoms with Crippen LogP contribution in [0.25, 0.3) is 0 Å². The van der Waals surface area contributed by atoms with Crippen molar-refractivity contribution in [3.63, 3.8) is 0 Å². The van der Waals surface area contributed by atoms with Gasteiger partial charge in [-0.3, -0.25) is 14.4 Å². The van der Waals surface area contributed by atoms with Gasteiger partial charge in [-0.05, 0) is 80.6 Å². The van der Waals surface area contributed by atoms with Gasteiger partial charge in [0, 0.05) is 29.3 Å². The molecule has 1 heterocycles. The predicted molar refractivity (Wildman–Crippen MR) is 144 cm³/mol. The maximum Gasteiger partial charge on any atom is 0.254 e. The molecule has 1 spiro atoms. The molecule has 8 heteroatoms. The van der Waals surface area contributed by atoms with Crippen LogP contribution in [0.1, 0.15) is 72.6 Å². The fourth-order valence-electron chi connectivity index (χ4n) is 5.39. The summed E-state index contributed by atoms with van der Waals surface area (Å²) in [6.07, 6.45) is 6.40. The van der Waals surface area contributed by atoms with E-state index in [-0.39, 0.29) is 29.7 Å². The van der Waals surface area contributed by atoms with E-state index in [4.69, 9.17) is 9.47 Å². The highest BCUT2D eigenvalue weighted by atomic mass is 16.5. The molecular weight excluding hydrogens is 482 g/mol. The zero-order chi connectivity index (χ0) is 26.5. The van der Waals surface area contributed by atoms with E-state index in [9.17, 15) is 14.4 Å². The molecule has 0 aromatic heterocycles. The van der Waals surface area contributed by atoms with Crippen molar-refractivity contribution >= 4 is 23.4 Å². The summed E-state index contributed by atoms with van der Waals surface area (Å²) in [5, 5.41) is 6.11. The first-order valence-electron chi connectivity index (χ1n) is 13.9. The van der Waals surface area contributed by atoms with Gasteiger partial charge in [0.25, 0.3) is 11.8 Å². The third kappa shape index (κ3) is 6.01. The van der Waals surface area contributed by atoms with Gasteiger partial charge in [0.15, 0.2) is 0 Å². The summed E-state index contributed by atoms with van der Waals surface area (Å²) < 4.78 is 12.0. The Balaban J connectivity index is 1.23. The largest absolute Gasteiger partial charge is 0.494 e. The highest BCUT2D eigenvalue weighted by Gasteiger charge is 2.47. The van der Waals surface area contributed by atoms with Crippen LogP contribution in [0.4, 0.5) is 5.69 Å². The van der Waals surface area contributed by atoms with Crippen molar-refractivity contribution in [3.05, 3.63) is 59.7 Å². The molecule has 202 valence electrons. The molecule has 5 rings (SSSR count). The molecule has 2 saturated carbocycles. The van der Waals surface area contributed by atoms with Gasteiger partial charge in [-0.2, -0.15) is 0 Å².